The van der Waals surface area contributed by atoms with Crippen molar-refractivity contribution in [2.45, 2.75) is 69.0 Å². The molecule has 230 valence electrons. The molecule has 1 atom stereocenters. The fourth-order valence-corrected chi connectivity index (χ4v) is 6.95. The highest BCUT2D eigenvalue weighted by atomic mass is 35.5. The van der Waals surface area contributed by atoms with E-state index in [1.807, 2.05) is 0 Å². The monoisotopic (exact) mass is 629 g/mol. The van der Waals surface area contributed by atoms with Gasteiger partial charge in [0.25, 0.3) is 10.0 Å². The molecule has 0 saturated heterocycles. The summed E-state index contributed by atoms with van der Waals surface area (Å²) in [6, 6.07) is 17.0. The third kappa shape index (κ3) is 8.06. The van der Waals surface area contributed by atoms with Gasteiger partial charge in [-0.2, -0.15) is 0 Å². The molecule has 11 heteroatoms. The lowest BCUT2D eigenvalue weighted by Crippen LogP contribution is -2.54. The van der Waals surface area contributed by atoms with E-state index in [0.29, 0.717) is 5.56 Å². The van der Waals surface area contributed by atoms with Gasteiger partial charge in [-0.1, -0.05) is 68.1 Å². The molecule has 2 amide bonds. The van der Waals surface area contributed by atoms with E-state index in [1.165, 1.54) is 48.4 Å². The number of anilines is 1. The molecule has 0 aliphatic heterocycles. The molecule has 43 heavy (non-hydrogen) atoms. The summed E-state index contributed by atoms with van der Waals surface area (Å²) >= 11 is 6.28. The third-order valence-electron chi connectivity index (χ3n) is 7.62. The summed E-state index contributed by atoms with van der Waals surface area (Å²) < 4.78 is 48.2. The number of benzene rings is 3. The molecule has 0 unspecified atom stereocenters. The number of hydrogen-bond acceptors (Lipinski definition) is 5. The highest BCUT2D eigenvalue weighted by Crippen LogP contribution is 2.35. The summed E-state index contributed by atoms with van der Waals surface area (Å²) in [5, 5.41) is 3.35. The van der Waals surface area contributed by atoms with Gasteiger partial charge in [-0.3, -0.25) is 13.9 Å². The van der Waals surface area contributed by atoms with Crippen LogP contribution in [-0.2, 0) is 26.2 Å². The van der Waals surface area contributed by atoms with Gasteiger partial charge in [0.1, 0.15) is 24.2 Å². The molecule has 4 rings (SSSR count). The maximum atomic E-state index is 14.2. The van der Waals surface area contributed by atoms with E-state index in [0.717, 1.165) is 36.4 Å². The SMILES string of the molecule is CC[C@H](C(=O)NC1CCCCC1)N(Cc1ccc(F)cc1)C(=O)CN(c1cc(Cl)ccc1OC)S(=O)(=O)c1ccccc1. The lowest BCUT2D eigenvalue weighted by atomic mass is 9.95. The Balaban J connectivity index is 1.74. The normalized spacial score (nSPS) is 14.5. The molecular weight excluding hydrogens is 593 g/mol. The van der Waals surface area contributed by atoms with Crippen LogP contribution in [0.25, 0.3) is 0 Å². The zero-order valence-corrected chi connectivity index (χ0v) is 25.9. The smallest absolute Gasteiger partial charge is 0.264 e. The molecule has 1 N–H and O–H groups in total. The van der Waals surface area contributed by atoms with Crippen molar-refractivity contribution in [3.05, 3.63) is 89.2 Å². The van der Waals surface area contributed by atoms with Crippen molar-refractivity contribution in [3.8, 4) is 5.75 Å². The van der Waals surface area contributed by atoms with E-state index < -0.39 is 34.3 Å². The van der Waals surface area contributed by atoms with Crippen molar-refractivity contribution in [1.29, 1.82) is 0 Å². The van der Waals surface area contributed by atoms with Crippen LogP contribution in [0.4, 0.5) is 10.1 Å². The van der Waals surface area contributed by atoms with Gasteiger partial charge in [0.05, 0.1) is 17.7 Å². The highest BCUT2D eigenvalue weighted by Gasteiger charge is 2.35. The number of nitrogens with one attached hydrogen (secondary N) is 1. The zero-order chi connectivity index (χ0) is 31.0. The molecule has 8 nitrogen and oxygen atoms in total. The van der Waals surface area contributed by atoms with Crippen LogP contribution in [0.2, 0.25) is 5.02 Å². The Hall–Kier alpha value is -3.63. The molecule has 3 aromatic carbocycles. The van der Waals surface area contributed by atoms with Crippen LogP contribution in [0.3, 0.4) is 0 Å². The molecule has 1 aliphatic carbocycles. The summed E-state index contributed by atoms with van der Waals surface area (Å²) in [4.78, 5) is 29.2. The van der Waals surface area contributed by atoms with Crippen molar-refractivity contribution in [2.24, 2.45) is 0 Å². The van der Waals surface area contributed by atoms with Crippen molar-refractivity contribution in [3.63, 3.8) is 0 Å². The predicted molar refractivity (Wildman–Crippen MR) is 165 cm³/mol. The van der Waals surface area contributed by atoms with Gasteiger partial charge in [0.2, 0.25) is 11.8 Å². The number of ether oxygens (including phenoxy) is 1. The molecule has 0 radical (unpaired) electrons. The topological polar surface area (TPSA) is 96.0 Å². The van der Waals surface area contributed by atoms with Gasteiger partial charge in [0.15, 0.2) is 0 Å². The number of halogens is 2. The lowest BCUT2D eigenvalue weighted by molar-refractivity contribution is -0.140. The van der Waals surface area contributed by atoms with Gasteiger partial charge in [-0.05, 0) is 67.3 Å². The Morgan fingerprint density at radius 1 is 1.02 bits per heavy atom. The molecule has 1 aliphatic rings. The van der Waals surface area contributed by atoms with Crippen molar-refractivity contribution >= 4 is 39.1 Å². The van der Waals surface area contributed by atoms with E-state index in [4.69, 9.17) is 16.3 Å². The first-order valence-electron chi connectivity index (χ1n) is 14.4. The molecule has 0 bridgehead atoms. The number of nitrogens with zero attached hydrogens (tertiary/aromatic N) is 2. The number of carbonyl (C=O) groups excluding carboxylic acids is 2. The van der Waals surface area contributed by atoms with Crippen LogP contribution in [0.5, 0.6) is 5.75 Å². The van der Waals surface area contributed by atoms with Crippen molar-refractivity contribution < 1.29 is 27.1 Å². The van der Waals surface area contributed by atoms with Crippen LogP contribution < -0.4 is 14.4 Å². The van der Waals surface area contributed by atoms with E-state index in [-0.39, 0.29) is 46.3 Å². The van der Waals surface area contributed by atoms with Crippen LogP contribution in [-0.4, -0.2) is 50.9 Å². The maximum Gasteiger partial charge on any atom is 0.264 e. The fourth-order valence-electron chi connectivity index (χ4n) is 5.34. The Labute approximate surface area is 257 Å². The van der Waals surface area contributed by atoms with E-state index in [1.54, 1.807) is 43.3 Å². The van der Waals surface area contributed by atoms with Crippen LogP contribution in [0.15, 0.2) is 77.7 Å². The summed E-state index contributed by atoms with van der Waals surface area (Å²) in [6.07, 6.45) is 5.19. The molecule has 0 aromatic heterocycles. The van der Waals surface area contributed by atoms with E-state index >= 15 is 0 Å². The Morgan fingerprint density at radius 3 is 2.33 bits per heavy atom. The summed E-state index contributed by atoms with van der Waals surface area (Å²) in [5.74, 6) is -1.15. The van der Waals surface area contributed by atoms with E-state index in [9.17, 15) is 22.4 Å². The number of rotatable bonds is 12. The maximum absolute atomic E-state index is 14.2. The van der Waals surface area contributed by atoms with Gasteiger partial charge in [-0.15, -0.1) is 0 Å². The first-order chi connectivity index (χ1) is 20.6. The Morgan fingerprint density at radius 2 is 1.70 bits per heavy atom. The number of amides is 2. The molecule has 3 aromatic rings. The lowest BCUT2D eigenvalue weighted by Gasteiger charge is -2.34. The summed E-state index contributed by atoms with van der Waals surface area (Å²) in [5.41, 5.74) is 0.671. The molecule has 0 heterocycles. The first-order valence-corrected chi connectivity index (χ1v) is 16.2. The minimum atomic E-state index is -4.29. The summed E-state index contributed by atoms with van der Waals surface area (Å²) in [7, 11) is -2.89. The number of hydrogen-bond donors (Lipinski definition) is 1. The van der Waals surface area contributed by atoms with Gasteiger partial charge in [-0.25, -0.2) is 12.8 Å². The predicted octanol–water partition coefficient (Wildman–Crippen LogP) is 5.94. The standard InChI is InChI=1S/C32H37ClFN3O5S/c1-3-28(32(39)35-26-10-6-4-7-11-26)36(21-23-14-17-25(34)18-15-23)31(38)22-37(29-20-24(33)16-19-30(29)42-2)43(40,41)27-12-8-5-9-13-27/h5,8-9,12-20,26,28H,3-4,6-7,10-11,21-22H2,1-2H3,(H,35,39)/t28-/m1/s1. The molecule has 1 saturated carbocycles. The fraction of sp³-hybridized carbons (Fsp3) is 0.375. The quantitative estimate of drug-likeness (QED) is 0.268. The number of sulfonamides is 1. The Bertz CT molecular complexity index is 1500. The molecule has 0 spiro atoms. The average Bonchev–Trinajstić information content (AvgIpc) is 3.01. The average molecular weight is 630 g/mol. The molecule has 1 fully saturated rings. The van der Waals surface area contributed by atoms with E-state index in [2.05, 4.69) is 5.32 Å². The number of carbonyl (C=O) groups is 2. The van der Waals surface area contributed by atoms with Crippen LogP contribution in [0, 0.1) is 5.82 Å². The van der Waals surface area contributed by atoms with Crippen molar-refractivity contribution in [2.75, 3.05) is 18.0 Å². The largest absolute Gasteiger partial charge is 0.495 e. The minimum Gasteiger partial charge on any atom is -0.495 e. The minimum absolute atomic E-state index is 0.0174. The zero-order valence-electron chi connectivity index (χ0n) is 24.3. The second-order valence-corrected chi connectivity index (χ2v) is 12.9. The Kier molecular flexibility index (Phi) is 11.0. The van der Waals surface area contributed by atoms with Crippen molar-refractivity contribution in [1.82, 2.24) is 10.2 Å². The van der Waals surface area contributed by atoms with Gasteiger partial charge in [0, 0.05) is 17.6 Å². The van der Waals surface area contributed by atoms with Gasteiger partial charge >= 0.3 is 0 Å². The van der Waals surface area contributed by atoms with Gasteiger partial charge < -0.3 is 15.0 Å². The van der Waals surface area contributed by atoms with Crippen LogP contribution in [0.1, 0.15) is 51.0 Å². The third-order valence-corrected chi connectivity index (χ3v) is 9.63. The second kappa shape index (κ2) is 14.7. The molecular formula is C32H37ClFN3O5S. The number of methoxy groups -OCH3 is 1. The second-order valence-electron chi connectivity index (χ2n) is 10.6. The van der Waals surface area contributed by atoms with Crippen LogP contribution >= 0.6 is 11.6 Å². The highest BCUT2D eigenvalue weighted by molar-refractivity contribution is 7.92. The summed E-state index contributed by atoms with van der Waals surface area (Å²) in [6.45, 7) is 1.14. The first kappa shape index (κ1) is 32.3.